The van der Waals surface area contributed by atoms with Crippen LogP contribution in [-0.2, 0) is 0 Å². The molecule has 0 amide bonds. The summed E-state index contributed by atoms with van der Waals surface area (Å²) in [5, 5.41) is 0. The van der Waals surface area contributed by atoms with Crippen LogP contribution in [0.1, 0.15) is 201 Å². The molecular weight excluding hydrogens is 903 g/mol. The normalized spacial score (nSPS) is 17.0. The quantitative estimate of drug-likeness (QED) is 0.101. The molecule has 0 aromatic rings. The molecule has 67 heavy (non-hydrogen) atoms. The first-order valence-corrected chi connectivity index (χ1v) is 24.1. The first-order chi connectivity index (χ1) is 30.4. The van der Waals surface area contributed by atoms with Crippen LogP contribution in [0, 0.1) is 53.3 Å². The summed E-state index contributed by atoms with van der Waals surface area (Å²) >= 11 is 0. The van der Waals surface area contributed by atoms with Gasteiger partial charge in [0.15, 0.2) is 5.83 Å². The molecule has 0 heterocycles. The van der Waals surface area contributed by atoms with Crippen LogP contribution >= 0.6 is 0 Å². The molecule has 3 saturated carbocycles. The summed E-state index contributed by atoms with van der Waals surface area (Å²) in [6.45, 7) is 31.5. The van der Waals surface area contributed by atoms with Gasteiger partial charge in [0.25, 0.3) is 12.0 Å². The summed E-state index contributed by atoms with van der Waals surface area (Å²) < 4.78 is 164. The van der Waals surface area contributed by atoms with Crippen LogP contribution in [0.15, 0.2) is 61.0 Å². The van der Waals surface area contributed by atoms with E-state index in [4.69, 9.17) is 0 Å². The second-order valence-corrected chi connectivity index (χ2v) is 21.1. The van der Waals surface area contributed by atoms with Crippen molar-refractivity contribution in [3.63, 3.8) is 0 Å². The third-order valence-electron chi connectivity index (χ3n) is 9.08. The Morgan fingerprint density at radius 1 is 0.522 bits per heavy atom. The minimum Gasteiger partial charge on any atom is -0.244 e. The van der Waals surface area contributed by atoms with Gasteiger partial charge < -0.3 is 0 Å². The Morgan fingerprint density at radius 2 is 0.910 bits per heavy atom. The molecule has 3 aliphatic rings. The molecule has 0 aromatic carbocycles. The summed E-state index contributed by atoms with van der Waals surface area (Å²) in [6.07, 6.45) is 7.92. The van der Waals surface area contributed by atoms with Gasteiger partial charge in [0.2, 0.25) is 0 Å². The molecule has 0 aromatic heterocycles. The zero-order chi connectivity index (χ0) is 53.8. The van der Waals surface area contributed by atoms with Gasteiger partial charge in [-0.25, -0.2) is 30.7 Å². The molecule has 0 aliphatic heterocycles. The molecule has 3 rings (SSSR count). The summed E-state index contributed by atoms with van der Waals surface area (Å²) in [6, 6.07) is 0. The zero-order valence-electron chi connectivity index (χ0n) is 43.9. The number of allylic oxidation sites excluding steroid dienone is 6. The van der Waals surface area contributed by atoms with Crippen LogP contribution in [0.25, 0.3) is 0 Å². The van der Waals surface area contributed by atoms with Crippen molar-refractivity contribution >= 4 is 0 Å². The number of rotatable bonds is 17. The van der Waals surface area contributed by atoms with Gasteiger partial charge in [-0.05, 0) is 130 Å². The van der Waals surface area contributed by atoms with E-state index in [1.807, 2.05) is 41.5 Å². The van der Waals surface area contributed by atoms with Crippen LogP contribution in [0.5, 0.6) is 0 Å². The predicted molar refractivity (Wildman–Crippen MR) is 256 cm³/mol. The van der Waals surface area contributed by atoms with E-state index >= 15 is 0 Å². The van der Waals surface area contributed by atoms with Gasteiger partial charge in [-0.2, -0.15) is 30.7 Å². The molecule has 1 atom stereocenters. The third-order valence-corrected chi connectivity index (χ3v) is 9.08. The van der Waals surface area contributed by atoms with Gasteiger partial charge in [0.05, 0.1) is 12.7 Å². The van der Waals surface area contributed by atoms with E-state index < -0.39 is 41.4 Å². The van der Waals surface area contributed by atoms with Crippen LogP contribution < -0.4 is 0 Å². The highest BCUT2D eigenvalue weighted by Gasteiger charge is 2.56. The Bertz CT molecular complexity index is 1270. The molecule has 0 nitrogen and oxygen atoms in total. The van der Waals surface area contributed by atoms with E-state index in [0.717, 1.165) is 69.9 Å². The molecule has 1 unspecified atom stereocenters. The second kappa shape index (κ2) is 40.4. The lowest BCUT2D eigenvalue weighted by Crippen LogP contribution is -2.03. The van der Waals surface area contributed by atoms with Gasteiger partial charge >= 0.3 is 12.3 Å². The van der Waals surface area contributed by atoms with Crippen molar-refractivity contribution in [3.8, 4) is 0 Å². The van der Waals surface area contributed by atoms with E-state index in [9.17, 15) is 61.5 Å². The van der Waals surface area contributed by atoms with Crippen molar-refractivity contribution in [3.05, 3.63) is 61.0 Å². The minimum absolute atomic E-state index is 0.0495. The molecule has 0 saturated heterocycles. The molecule has 3 fully saturated rings. The first-order valence-electron chi connectivity index (χ1n) is 24.1. The lowest BCUT2D eigenvalue weighted by molar-refractivity contribution is -0.0800. The van der Waals surface area contributed by atoms with Crippen molar-refractivity contribution in [1.29, 1.82) is 0 Å². The van der Waals surface area contributed by atoms with Crippen LogP contribution in [0.2, 0.25) is 0 Å². The molecule has 0 spiro atoms. The highest BCUT2D eigenvalue weighted by atomic mass is 19.4. The monoisotopic (exact) mass is 995 g/mol. The Morgan fingerprint density at radius 3 is 1.07 bits per heavy atom. The molecule has 3 aliphatic carbocycles. The third kappa shape index (κ3) is 68.1. The SMILES string of the molecule is CC(C)C/C=C/C(F)(F)F.CC(C)C/C=C/F.CC(C)C/C=C\F.CC(C)CC(F)=C(F)F.CC(C)CC1(F)CC1.CC(C)CC1CC1(F)F.CC(C)CC=C(F)F.CC(C)CCC1(F)CC1. The highest BCUT2D eigenvalue weighted by molar-refractivity contribution is 4.96. The van der Waals surface area contributed by atoms with Gasteiger partial charge in [0.1, 0.15) is 11.3 Å². The van der Waals surface area contributed by atoms with E-state index in [2.05, 4.69) is 55.4 Å². The summed E-state index contributed by atoms with van der Waals surface area (Å²) in [5.41, 5.74) is -1.45. The Kier molecular flexibility index (Phi) is 44.5. The molecule has 402 valence electrons. The van der Waals surface area contributed by atoms with Crippen LogP contribution in [0.4, 0.5) is 61.5 Å². The van der Waals surface area contributed by atoms with Crippen LogP contribution in [0.3, 0.4) is 0 Å². The van der Waals surface area contributed by atoms with E-state index in [0.29, 0.717) is 73.3 Å². The van der Waals surface area contributed by atoms with E-state index in [1.165, 1.54) is 12.2 Å². The summed E-state index contributed by atoms with van der Waals surface area (Å²) in [4.78, 5) is 0. The lowest BCUT2D eigenvalue weighted by Gasteiger charge is -2.05. The van der Waals surface area contributed by atoms with Crippen molar-refractivity contribution in [2.45, 2.75) is 224 Å². The second-order valence-electron chi connectivity index (χ2n) is 21.1. The molecule has 0 bridgehead atoms. The van der Waals surface area contributed by atoms with E-state index in [-0.39, 0.29) is 30.8 Å². The Labute approximate surface area is 399 Å². The topological polar surface area (TPSA) is 0 Å². The Balaban J connectivity index is -0.000000219. The lowest BCUT2D eigenvalue weighted by atomic mass is 10.1. The van der Waals surface area contributed by atoms with Gasteiger partial charge in [-0.3, -0.25) is 0 Å². The maximum atomic E-state index is 12.9. The smallest absolute Gasteiger partial charge is 0.244 e. The minimum atomic E-state index is -4.14. The summed E-state index contributed by atoms with van der Waals surface area (Å²) in [5.74, 6) is -0.545. The largest absolute Gasteiger partial charge is 0.409 e. The highest BCUT2D eigenvalue weighted by Crippen LogP contribution is 2.51. The summed E-state index contributed by atoms with van der Waals surface area (Å²) in [7, 11) is 0. The van der Waals surface area contributed by atoms with Gasteiger partial charge in [0, 0.05) is 24.8 Å². The van der Waals surface area contributed by atoms with Gasteiger partial charge in [-0.15, -0.1) is 0 Å². The average Bonchev–Trinajstić information content (AvgIpc) is 4.12. The van der Waals surface area contributed by atoms with Crippen LogP contribution in [-0.4, -0.2) is 23.4 Å². The zero-order valence-corrected chi connectivity index (χ0v) is 43.9. The fraction of sp³-hybridized carbons (Fsp3) is 0.811. The fourth-order valence-corrected chi connectivity index (χ4v) is 4.98. The van der Waals surface area contributed by atoms with Crippen molar-refractivity contribution in [2.75, 3.05) is 0 Å². The number of hydrogen-bond acceptors (Lipinski definition) is 0. The predicted octanol–water partition coefficient (Wildman–Crippen LogP) is 22.3. The van der Waals surface area contributed by atoms with Gasteiger partial charge in [-0.1, -0.05) is 129 Å². The average molecular weight is 995 g/mol. The number of alkyl halides is 7. The number of hydrogen-bond donors (Lipinski definition) is 0. The standard InChI is InChI=1S/C8H15F.C7H11F3.C7H12F2.C7H13F.C6H9F3.C6H10F2.2C6H11F/c1-7(2)3-4-8(9)5-6-8;1-6(2)4-3-5-7(8,9)10;1-5(2)3-6-4-7(6,8)9;1-6(2)5-7(8)3-4-7;1-4(2)3-5(7)6(8)9;1-5(2)3-4-6(7)8;2*1-6(2)4-3-5-7/h7H,3-6H2,1-2H3;3,5-6H,4H2,1-2H3;5-6H,3-4H2,1-2H3;6H,3-5H2,1-2H3;4H,3H2,1-2H3;4-5H,3H2,1-2H3;2*3,5-6H,4H2,1-2H3/b;5-3+;;;;;5-3+;5-3-. The molecule has 14 heteroatoms. The van der Waals surface area contributed by atoms with Crippen molar-refractivity contribution in [1.82, 2.24) is 0 Å². The maximum Gasteiger partial charge on any atom is 0.409 e. The maximum absolute atomic E-state index is 12.9. The fourth-order valence-electron chi connectivity index (χ4n) is 4.98. The van der Waals surface area contributed by atoms with Crippen molar-refractivity contribution < 1.29 is 61.5 Å². The molecule has 0 radical (unpaired) electrons. The van der Waals surface area contributed by atoms with E-state index in [1.54, 1.807) is 13.8 Å². The Hall–Kier alpha value is -2.28. The first kappa shape index (κ1) is 73.7. The molecular formula is C53H92F14. The van der Waals surface area contributed by atoms with Crippen molar-refractivity contribution in [2.24, 2.45) is 53.3 Å². The number of halogens is 14. The molecule has 0 N–H and O–H groups in total.